The number of hydrogen-bond donors (Lipinski definition) is 2. The summed E-state index contributed by atoms with van der Waals surface area (Å²) in [5.41, 5.74) is 0.377. The average molecular weight is 282 g/mol. The molecule has 0 aromatic heterocycles. The van der Waals surface area contributed by atoms with Crippen LogP contribution in [0.3, 0.4) is 0 Å². The predicted molar refractivity (Wildman–Crippen MR) is 72.2 cm³/mol. The first-order valence-corrected chi connectivity index (χ1v) is 7.86. The van der Waals surface area contributed by atoms with Crippen molar-refractivity contribution in [3.63, 3.8) is 0 Å². The van der Waals surface area contributed by atoms with E-state index < -0.39 is 10.0 Å². The highest BCUT2D eigenvalue weighted by Crippen LogP contribution is 2.34. The van der Waals surface area contributed by atoms with Gasteiger partial charge in [-0.2, -0.15) is 0 Å². The molecule has 0 spiro atoms. The van der Waals surface area contributed by atoms with Crippen molar-refractivity contribution in [2.45, 2.75) is 43.0 Å². The van der Waals surface area contributed by atoms with Gasteiger partial charge in [0.15, 0.2) is 0 Å². The molecule has 0 radical (unpaired) electrons. The van der Waals surface area contributed by atoms with Gasteiger partial charge < -0.3 is 5.32 Å². The minimum absolute atomic E-state index is 0.0119. The summed E-state index contributed by atoms with van der Waals surface area (Å²) < 4.78 is 22.2. The highest BCUT2D eigenvalue weighted by atomic mass is 32.2. The molecule has 1 aliphatic carbocycles. The number of nitrogens with one attached hydrogen (secondary N) is 1. The molecule has 6 heteroatoms. The Morgan fingerprint density at radius 3 is 2.26 bits per heavy atom. The Kier molecular flexibility index (Phi) is 3.64. The van der Waals surface area contributed by atoms with E-state index in [9.17, 15) is 13.2 Å². The Hall–Kier alpha value is -1.40. The van der Waals surface area contributed by atoms with E-state index in [0.717, 1.165) is 25.7 Å². The first-order valence-electron chi connectivity index (χ1n) is 6.32. The molecule has 1 fully saturated rings. The molecule has 0 heterocycles. The molecule has 1 aromatic rings. The van der Waals surface area contributed by atoms with Gasteiger partial charge in [0.1, 0.15) is 0 Å². The van der Waals surface area contributed by atoms with Gasteiger partial charge in [-0.05, 0) is 49.9 Å². The van der Waals surface area contributed by atoms with Crippen LogP contribution in [0.2, 0.25) is 0 Å². The molecule has 1 saturated carbocycles. The van der Waals surface area contributed by atoms with Gasteiger partial charge in [0, 0.05) is 11.1 Å². The van der Waals surface area contributed by atoms with E-state index in [1.54, 1.807) is 0 Å². The van der Waals surface area contributed by atoms with Crippen LogP contribution in [0, 0.1) is 0 Å². The van der Waals surface area contributed by atoms with Crippen LogP contribution in [-0.4, -0.2) is 19.9 Å². The van der Waals surface area contributed by atoms with Crippen LogP contribution in [-0.2, 0) is 10.0 Å². The summed E-state index contributed by atoms with van der Waals surface area (Å²) in [6.07, 6.45) is 4.06. The zero-order valence-electron chi connectivity index (χ0n) is 10.8. The molecule has 0 atom stereocenters. The van der Waals surface area contributed by atoms with Crippen molar-refractivity contribution in [1.82, 2.24) is 5.32 Å². The number of carbonyl (C=O) groups is 1. The Bertz CT molecular complexity index is 569. The molecule has 19 heavy (non-hydrogen) atoms. The van der Waals surface area contributed by atoms with E-state index >= 15 is 0 Å². The fraction of sp³-hybridized carbons (Fsp3) is 0.462. The van der Waals surface area contributed by atoms with Crippen molar-refractivity contribution in [1.29, 1.82) is 0 Å². The molecule has 0 unspecified atom stereocenters. The van der Waals surface area contributed by atoms with Crippen molar-refractivity contribution < 1.29 is 13.2 Å². The second-order valence-corrected chi connectivity index (χ2v) is 6.57. The number of primary sulfonamides is 1. The van der Waals surface area contributed by atoms with Crippen molar-refractivity contribution in [3.05, 3.63) is 29.8 Å². The number of benzene rings is 1. The maximum atomic E-state index is 12.1. The average Bonchev–Trinajstić information content (AvgIpc) is 2.32. The summed E-state index contributed by atoms with van der Waals surface area (Å²) in [5.74, 6) is -0.164. The van der Waals surface area contributed by atoms with Gasteiger partial charge >= 0.3 is 0 Å². The lowest BCUT2D eigenvalue weighted by atomic mass is 9.74. The number of sulfonamides is 1. The first-order chi connectivity index (χ1) is 8.86. The van der Waals surface area contributed by atoms with Crippen LogP contribution in [0.5, 0.6) is 0 Å². The number of carbonyl (C=O) groups excluding carboxylic acids is 1. The third-order valence-electron chi connectivity index (χ3n) is 3.81. The van der Waals surface area contributed by atoms with Crippen molar-refractivity contribution in [3.8, 4) is 0 Å². The van der Waals surface area contributed by atoms with Gasteiger partial charge in [-0.3, -0.25) is 4.79 Å². The third kappa shape index (κ3) is 2.96. The Morgan fingerprint density at radius 2 is 1.89 bits per heavy atom. The van der Waals surface area contributed by atoms with Crippen LogP contribution >= 0.6 is 0 Å². The fourth-order valence-corrected chi connectivity index (χ4v) is 2.79. The predicted octanol–water partition coefficient (Wildman–Crippen LogP) is 1.40. The van der Waals surface area contributed by atoms with Gasteiger partial charge in [-0.15, -0.1) is 0 Å². The van der Waals surface area contributed by atoms with Gasteiger partial charge in [0.25, 0.3) is 5.91 Å². The second kappa shape index (κ2) is 4.94. The number of amides is 1. The highest BCUT2D eigenvalue weighted by molar-refractivity contribution is 7.89. The Labute approximate surface area is 113 Å². The summed E-state index contributed by atoms with van der Waals surface area (Å²) in [6, 6.07) is 5.67. The summed E-state index contributed by atoms with van der Waals surface area (Å²) in [5, 5.41) is 8.04. The third-order valence-corrected chi connectivity index (χ3v) is 4.74. The first kappa shape index (κ1) is 14.0. The Morgan fingerprint density at radius 1 is 1.32 bits per heavy atom. The van der Waals surface area contributed by atoms with Gasteiger partial charge in [-0.1, -0.05) is 6.92 Å². The smallest absolute Gasteiger partial charge is 0.251 e. The minimum atomic E-state index is -3.71. The zero-order chi connectivity index (χ0) is 14.1. The van der Waals surface area contributed by atoms with E-state index in [1.165, 1.54) is 24.3 Å². The molecule has 2 rings (SSSR count). The topological polar surface area (TPSA) is 89.3 Å². The largest absolute Gasteiger partial charge is 0.347 e. The molecule has 0 saturated heterocycles. The zero-order valence-corrected chi connectivity index (χ0v) is 11.7. The lowest BCUT2D eigenvalue weighted by Gasteiger charge is -2.42. The van der Waals surface area contributed by atoms with Crippen molar-refractivity contribution in [2.75, 3.05) is 0 Å². The fourth-order valence-electron chi connectivity index (χ4n) is 2.28. The van der Waals surface area contributed by atoms with Gasteiger partial charge in [0.05, 0.1) is 4.90 Å². The highest BCUT2D eigenvalue weighted by Gasteiger charge is 2.36. The van der Waals surface area contributed by atoms with E-state index in [0.29, 0.717) is 5.56 Å². The summed E-state index contributed by atoms with van der Waals surface area (Å²) in [4.78, 5) is 12.1. The van der Waals surface area contributed by atoms with Gasteiger partial charge in [-0.25, -0.2) is 13.6 Å². The van der Waals surface area contributed by atoms with Crippen molar-refractivity contribution in [2.24, 2.45) is 5.14 Å². The van der Waals surface area contributed by atoms with E-state index in [4.69, 9.17) is 5.14 Å². The van der Waals surface area contributed by atoms with Crippen LogP contribution in [0.4, 0.5) is 0 Å². The Balaban J connectivity index is 2.12. The van der Waals surface area contributed by atoms with Crippen LogP contribution in [0.1, 0.15) is 43.0 Å². The normalized spacial score (nSPS) is 17.6. The standard InChI is InChI=1S/C13H18N2O3S/c1-2-13(8-3-9-13)15-12(16)10-4-6-11(7-5-10)19(14,17)18/h4-7H,2-3,8-9H2,1H3,(H,15,16)(H2,14,17,18). The molecule has 0 bridgehead atoms. The molecule has 1 aliphatic rings. The number of hydrogen-bond acceptors (Lipinski definition) is 3. The molecule has 3 N–H and O–H groups in total. The SMILES string of the molecule is CCC1(NC(=O)c2ccc(S(N)(=O)=O)cc2)CCC1. The molecular weight excluding hydrogens is 264 g/mol. The van der Waals surface area contributed by atoms with Crippen molar-refractivity contribution >= 4 is 15.9 Å². The van der Waals surface area contributed by atoms with Gasteiger partial charge in [0.2, 0.25) is 10.0 Å². The number of rotatable bonds is 4. The molecular formula is C13H18N2O3S. The molecule has 1 amide bonds. The maximum absolute atomic E-state index is 12.1. The lowest BCUT2D eigenvalue weighted by Crippen LogP contribution is -2.52. The summed E-state index contributed by atoms with van der Waals surface area (Å²) >= 11 is 0. The maximum Gasteiger partial charge on any atom is 0.251 e. The quantitative estimate of drug-likeness (QED) is 0.874. The second-order valence-electron chi connectivity index (χ2n) is 5.01. The molecule has 104 valence electrons. The summed E-state index contributed by atoms with van der Waals surface area (Å²) in [7, 11) is -3.71. The molecule has 5 nitrogen and oxygen atoms in total. The van der Waals surface area contributed by atoms with Crippen LogP contribution < -0.4 is 10.5 Å². The molecule has 0 aliphatic heterocycles. The summed E-state index contributed by atoms with van der Waals surface area (Å²) in [6.45, 7) is 2.06. The van der Waals surface area contributed by atoms with Crippen LogP contribution in [0.25, 0.3) is 0 Å². The van der Waals surface area contributed by atoms with E-state index in [2.05, 4.69) is 12.2 Å². The lowest BCUT2D eigenvalue weighted by molar-refractivity contribution is 0.0820. The number of nitrogens with two attached hydrogens (primary N) is 1. The monoisotopic (exact) mass is 282 g/mol. The minimum Gasteiger partial charge on any atom is -0.347 e. The van der Waals surface area contributed by atoms with E-state index in [-0.39, 0.29) is 16.3 Å². The molecule has 1 aromatic carbocycles. The van der Waals surface area contributed by atoms with Crippen LogP contribution in [0.15, 0.2) is 29.2 Å². The van der Waals surface area contributed by atoms with E-state index in [1.807, 2.05) is 0 Å².